The standard InChI is InChI=1S/C20H21N7O.C2HF3O2/c1-13-5-3-8-17-18(13)15(12-27(17)2)9-10-21-19(28)14-6-4-7-16(11-14)22-20-23-25-26-24-20;3-2(4,5)1(6)7/h3-8,11-12H,9-10H2,1-2H3,(H,21,28)(H2,22,23,24,25,26);(H,6,7). The number of nitrogens with one attached hydrogen (secondary N) is 3. The molecule has 10 nitrogen and oxygen atoms in total. The number of aliphatic carboxylic acids is 1. The maximum atomic E-state index is 12.5. The highest BCUT2D eigenvalue weighted by Gasteiger charge is 2.38. The van der Waals surface area contributed by atoms with Gasteiger partial charge in [-0.1, -0.05) is 23.3 Å². The molecule has 2 aromatic heterocycles. The summed E-state index contributed by atoms with van der Waals surface area (Å²) in [5.41, 5.74) is 4.99. The van der Waals surface area contributed by atoms with Crippen LogP contribution in [0.4, 0.5) is 24.8 Å². The van der Waals surface area contributed by atoms with Crippen molar-refractivity contribution in [1.82, 2.24) is 30.5 Å². The topological polar surface area (TPSA) is 138 Å². The van der Waals surface area contributed by atoms with E-state index in [2.05, 4.69) is 67.1 Å². The van der Waals surface area contributed by atoms with Gasteiger partial charge in [0.15, 0.2) is 0 Å². The molecule has 0 aliphatic carbocycles. The van der Waals surface area contributed by atoms with Crippen molar-refractivity contribution in [2.75, 3.05) is 11.9 Å². The van der Waals surface area contributed by atoms with E-state index < -0.39 is 12.1 Å². The van der Waals surface area contributed by atoms with Crippen LogP contribution in [0.5, 0.6) is 0 Å². The molecule has 2 heterocycles. The lowest BCUT2D eigenvalue weighted by Gasteiger charge is -2.07. The Kier molecular flexibility index (Phi) is 7.69. The second-order valence-corrected chi connectivity index (χ2v) is 7.48. The Morgan fingerprint density at radius 1 is 1.17 bits per heavy atom. The lowest BCUT2D eigenvalue weighted by Crippen LogP contribution is -2.25. The van der Waals surface area contributed by atoms with Gasteiger partial charge in [0.25, 0.3) is 11.9 Å². The largest absolute Gasteiger partial charge is 0.490 e. The first-order valence-corrected chi connectivity index (χ1v) is 10.3. The summed E-state index contributed by atoms with van der Waals surface area (Å²) >= 11 is 0. The Morgan fingerprint density at radius 3 is 2.54 bits per heavy atom. The van der Waals surface area contributed by atoms with Crippen LogP contribution in [0.25, 0.3) is 10.9 Å². The summed E-state index contributed by atoms with van der Waals surface area (Å²) in [5.74, 6) is -2.52. The number of tetrazole rings is 1. The van der Waals surface area contributed by atoms with Gasteiger partial charge in [-0.3, -0.25) is 4.79 Å². The van der Waals surface area contributed by atoms with Gasteiger partial charge in [-0.15, -0.1) is 5.10 Å². The van der Waals surface area contributed by atoms with Gasteiger partial charge >= 0.3 is 12.1 Å². The van der Waals surface area contributed by atoms with E-state index in [1.165, 1.54) is 22.0 Å². The first-order chi connectivity index (χ1) is 16.6. The van der Waals surface area contributed by atoms with Gasteiger partial charge in [0.1, 0.15) is 0 Å². The van der Waals surface area contributed by atoms with Gasteiger partial charge in [0.05, 0.1) is 0 Å². The second kappa shape index (κ2) is 10.7. The average Bonchev–Trinajstić information content (AvgIpc) is 3.42. The summed E-state index contributed by atoms with van der Waals surface area (Å²) < 4.78 is 33.9. The Hall–Kier alpha value is -4.42. The predicted octanol–water partition coefficient (Wildman–Crippen LogP) is 3.35. The highest BCUT2D eigenvalue weighted by Crippen LogP contribution is 2.24. The number of nitrogens with zero attached hydrogens (tertiary/aromatic N) is 4. The van der Waals surface area contributed by atoms with Gasteiger partial charge in [0, 0.05) is 41.9 Å². The highest BCUT2D eigenvalue weighted by molar-refractivity contribution is 5.95. The first kappa shape index (κ1) is 25.2. The number of amides is 1. The van der Waals surface area contributed by atoms with Crippen molar-refractivity contribution in [2.24, 2.45) is 7.05 Å². The number of carbonyl (C=O) groups is 2. The van der Waals surface area contributed by atoms with E-state index in [4.69, 9.17) is 9.90 Å². The minimum Gasteiger partial charge on any atom is -0.475 e. The number of rotatable bonds is 6. The molecule has 4 N–H and O–H groups in total. The molecule has 0 saturated carbocycles. The fourth-order valence-corrected chi connectivity index (χ4v) is 3.42. The van der Waals surface area contributed by atoms with Gasteiger partial charge < -0.3 is 20.3 Å². The smallest absolute Gasteiger partial charge is 0.475 e. The predicted molar refractivity (Wildman–Crippen MR) is 121 cm³/mol. The van der Waals surface area contributed by atoms with Crippen molar-refractivity contribution < 1.29 is 27.9 Å². The maximum Gasteiger partial charge on any atom is 0.490 e. The Bertz CT molecular complexity index is 1320. The van der Waals surface area contributed by atoms with Crippen molar-refractivity contribution in [3.05, 3.63) is 65.4 Å². The van der Waals surface area contributed by atoms with Crippen LogP contribution in [0.1, 0.15) is 21.5 Å². The SMILES string of the molecule is Cc1cccc2c1c(CCNC(=O)c1cccc(Nc3nn[nH]n3)c1)cn2C.O=C(O)C(F)(F)F. The molecule has 0 bridgehead atoms. The molecule has 0 aliphatic heterocycles. The molecule has 0 fully saturated rings. The van der Waals surface area contributed by atoms with Crippen LogP contribution in [0.2, 0.25) is 0 Å². The number of hydrogen-bond acceptors (Lipinski definition) is 6. The van der Waals surface area contributed by atoms with Crippen LogP contribution >= 0.6 is 0 Å². The van der Waals surface area contributed by atoms with E-state index in [1.54, 1.807) is 12.1 Å². The molecule has 1 amide bonds. The molecule has 35 heavy (non-hydrogen) atoms. The van der Waals surface area contributed by atoms with Gasteiger partial charge in [0.2, 0.25) is 0 Å². The first-order valence-electron chi connectivity index (χ1n) is 10.3. The summed E-state index contributed by atoms with van der Waals surface area (Å²) in [4.78, 5) is 21.4. The fraction of sp³-hybridized carbons (Fsp3) is 0.227. The van der Waals surface area contributed by atoms with Gasteiger partial charge in [-0.2, -0.15) is 18.4 Å². The van der Waals surface area contributed by atoms with Gasteiger partial charge in [-0.05, 0) is 54.0 Å². The summed E-state index contributed by atoms with van der Waals surface area (Å²) in [6.07, 6.45) is -2.17. The minimum atomic E-state index is -5.08. The number of fused-ring (bicyclic) bond motifs is 1. The van der Waals surface area contributed by atoms with Crippen LogP contribution in [-0.4, -0.2) is 54.9 Å². The normalized spacial score (nSPS) is 11.0. The molecule has 0 aliphatic rings. The Balaban J connectivity index is 0.000000429. The third kappa shape index (κ3) is 6.56. The molecule has 184 valence electrons. The number of halogens is 3. The number of anilines is 2. The van der Waals surface area contributed by atoms with E-state index in [0.717, 1.165) is 12.1 Å². The van der Waals surface area contributed by atoms with Crippen molar-refractivity contribution in [2.45, 2.75) is 19.5 Å². The van der Waals surface area contributed by atoms with E-state index >= 15 is 0 Å². The van der Waals surface area contributed by atoms with Crippen LogP contribution in [0.3, 0.4) is 0 Å². The fourth-order valence-electron chi connectivity index (χ4n) is 3.42. The zero-order valence-corrected chi connectivity index (χ0v) is 18.7. The quantitative estimate of drug-likeness (QED) is 0.326. The molecular formula is C22H22F3N7O3. The van der Waals surface area contributed by atoms with Crippen LogP contribution in [-0.2, 0) is 18.3 Å². The van der Waals surface area contributed by atoms with Gasteiger partial charge in [-0.25, -0.2) is 4.79 Å². The lowest BCUT2D eigenvalue weighted by molar-refractivity contribution is -0.192. The van der Waals surface area contributed by atoms with Crippen LogP contribution in [0.15, 0.2) is 48.7 Å². The van der Waals surface area contributed by atoms with Crippen LogP contribution < -0.4 is 10.6 Å². The number of benzene rings is 2. The van der Waals surface area contributed by atoms with Crippen molar-refractivity contribution in [3.63, 3.8) is 0 Å². The summed E-state index contributed by atoms with van der Waals surface area (Å²) in [6, 6.07) is 13.5. The average molecular weight is 489 g/mol. The third-order valence-corrected chi connectivity index (χ3v) is 4.95. The summed E-state index contributed by atoms with van der Waals surface area (Å²) in [5, 5.41) is 27.9. The second-order valence-electron chi connectivity index (χ2n) is 7.48. The molecule has 0 atom stereocenters. The number of H-pyrrole nitrogens is 1. The Morgan fingerprint density at radius 2 is 1.89 bits per heavy atom. The molecule has 13 heteroatoms. The molecule has 4 aromatic rings. The minimum absolute atomic E-state index is 0.117. The number of carbonyl (C=O) groups excluding carboxylic acids is 1. The molecular weight excluding hydrogens is 467 g/mol. The molecule has 0 radical (unpaired) electrons. The van der Waals surface area contributed by atoms with Crippen molar-refractivity contribution >= 4 is 34.4 Å². The van der Waals surface area contributed by atoms with E-state index in [-0.39, 0.29) is 5.91 Å². The van der Waals surface area contributed by atoms with E-state index in [1.807, 2.05) is 19.2 Å². The van der Waals surface area contributed by atoms with E-state index in [0.29, 0.717) is 18.1 Å². The number of alkyl halides is 3. The molecule has 4 rings (SSSR count). The monoisotopic (exact) mass is 489 g/mol. The number of aryl methyl sites for hydroxylation is 2. The zero-order chi connectivity index (χ0) is 25.6. The van der Waals surface area contributed by atoms with Crippen molar-refractivity contribution in [1.29, 1.82) is 0 Å². The Labute approximate surface area is 197 Å². The van der Waals surface area contributed by atoms with Crippen molar-refractivity contribution in [3.8, 4) is 0 Å². The van der Waals surface area contributed by atoms with Crippen LogP contribution in [0, 0.1) is 6.92 Å². The lowest BCUT2D eigenvalue weighted by atomic mass is 10.1. The maximum absolute atomic E-state index is 12.5. The number of carboxylic acids is 1. The molecule has 0 unspecified atom stereocenters. The van der Waals surface area contributed by atoms with E-state index in [9.17, 15) is 18.0 Å². The molecule has 0 spiro atoms. The zero-order valence-electron chi connectivity index (χ0n) is 18.7. The number of aromatic nitrogens is 5. The number of hydrogen-bond donors (Lipinski definition) is 4. The summed E-state index contributed by atoms with van der Waals surface area (Å²) in [6.45, 7) is 2.68. The highest BCUT2D eigenvalue weighted by atomic mass is 19.4. The molecule has 2 aromatic carbocycles. The third-order valence-electron chi connectivity index (χ3n) is 4.95. The number of carboxylic acid groups (broad SMARTS) is 1. The molecule has 0 saturated heterocycles. The number of aromatic amines is 1. The summed E-state index contributed by atoms with van der Waals surface area (Å²) in [7, 11) is 2.05.